The Morgan fingerprint density at radius 3 is 2.18 bits per heavy atom. The normalized spacial score (nSPS) is 10.8. The van der Waals surface area contributed by atoms with E-state index in [4.69, 9.17) is 24.1 Å². The summed E-state index contributed by atoms with van der Waals surface area (Å²) >= 11 is 0. The van der Waals surface area contributed by atoms with Gasteiger partial charge in [-0.05, 0) is 24.6 Å². The number of carbonyl (C=O) groups is 1. The van der Waals surface area contributed by atoms with E-state index in [9.17, 15) is 23.1 Å². The van der Waals surface area contributed by atoms with Gasteiger partial charge in [0.25, 0.3) is 0 Å². The van der Waals surface area contributed by atoms with E-state index in [0.29, 0.717) is 46.0 Å². The lowest BCUT2D eigenvalue weighted by atomic mass is 10.1. The number of para-hydroxylation sites is 1. The quantitative estimate of drug-likeness (QED) is 0.492. The van der Waals surface area contributed by atoms with Gasteiger partial charge in [0.05, 0.1) is 37.4 Å². The Labute approximate surface area is 186 Å². The number of rotatable bonds is 6. The minimum absolute atomic E-state index is 0.307. The number of hydrogen-bond donors (Lipinski definition) is 3. The molecule has 11 heteroatoms. The largest absolute Gasteiger partial charge is 0.503 e. The number of nitrogens with one attached hydrogen (secondary N) is 1. The van der Waals surface area contributed by atoms with Gasteiger partial charge in [0.2, 0.25) is 5.43 Å². The summed E-state index contributed by atoms with van der Waals surface area (Å²) < 4.78 is 48.0. The fraction of sp³-hybridized carbons (Fsp3) is 0.273. The molecule has 0 fully saturated rings. The molecule has 0 spiro atoms. The number of fused-ring (bicyclic) bond motifs is 1. The van der Waals surface area contributed by atoms with Gasteiger partial charge in [0.15, 0.2) is 17.2 Å². The van der Waals surface area contributed by atoms with Crippen molar-refractivity contribution in [2.24, 2.45) is 0 Å². The molecule has 33 heavy (non-hydrogen) atoms. The number of halogens is 3. The number of aromatic hydroxyl groups is 1. The molecular formula is C22H22F3NO7. The number of ether oxygens (including phenoxy) is 3. The summed E-state index contributed by atoms with van der Waals surface area (Å²) in [4.78, 5) is 24.7. The summed E-state index contributed by atoms with van der Waals surface area (Å²) in [6, 6.07) is 10.5. The number of aromatic amines is 1. The lowest BCUT2D eigenvalue weighted by Gasteiger charge is -2.14. The number of carboxylic acid groups (broad SMARTS) is 1. The van der Waals surface area contributed by atoms with Gasteiger partial charge in [0.1, 0.15) is 5.75 Å². The molecule has 3 N–H and O–H groups in total. The minimum Gasteiger partial charge on any atom is -0.503 e. The maximum Gasteiger partial charge on any atom is 0.490 e. The van der Waals surface area contributed by atoms with Crippen LogP contribution in [0.15, 0.2) is 41.2 Å². The van der Waals surface area contributed by atoms with Gasteiger partial charge in [-0.25, -0.2) is 4.79 Å². The van der Waals surface area contributed by atoms with Crippen molar-refractivity contribution in [1.29, 1.82) is 0 Å². The van der Waals surface area contributed by atoms with Crippen molar-refractivity contribution in [3.63, 3.8) is 0 Å². The standard InChI is InChI=1S/C20H21NO5.C2HF3O2/c1-4-9-26-15-8-6-5-7-12(15)18-20(23)19(22)13-10-16(24-2)17(25-3)11-14(13)21-18;3-2(4,5)1(6)7/h5-8,10-11,23H,4,9H2,1-3H3,(H,21,22);(H,6,7). The monoisotopic (exact) mass is 469 g/mol. The number of H-pyrrole nitrogens is 1. The van der Waals surface area contributed by atoms with Gasteiger partial charge in [-0.2, -0.15) is 13.2 Å². The Morgan fingerprint density at radius 2 is 1.64 bits per heavy atom. The zero-order valence-electron chi connectivity index (χ0n) is 17.9. The van der Waals surface area contributed by atoms with Crippen LogP contribution in [0, 0.1) is 0 Å². The van der Waals surface area contributed by atoms with Crippen LogP contribution in [0.5, 0.6) is 23.0 Å². The van der Waals surface area contributed by atoms with Crippen LogP contribution >= 0.6 is 0 Å². The highest BCUT2D eigenvalue weighted by molar-refractivity contribution is 5.88. The fourth-order valence-electron chi connectivity index (χ4n) is 2.81. The maximum absolute atomic E-state index is 12.7. The van der Waals surface area contributed by atoms with Crippen molar-refractivity contribution in [2.45, 2.75) is 19.5 Å². The number of benzene rings is 2. The number of hydrogen-bond acceptors (Lipinski definition) is 6. The van der Waals surface area contributed by atoms with Crippen molar-refractivity contribution < 1.29 is 42.4 Å². The summed E-state index contributed by atoms with van der Waals surface area (Å²) in [5.41, 5.74) is 0.972. The number of carboxylic acids is 1. The van der Waals surface area contributed by atoms with Crippen molar-refractivity contribution in [3.05, 3.63) is 46.6 Å². The molecule has 178 valence electrons. The van der Waals surface area contributed by atoms with E-state index in [2.05, 4.69) is 4.98 Å². The van der Waals surface area contributed by atoms with Gasteiger partial charge in [-0.3, -0.25) is 4.79 Å². The Kier molecular flexibility index (Phi) is 8.16. The van der Waals surface area contributed by atoms with Crippen LogP contribution in [-0.4, -0.2) is 48.2 Å². The number of methoxy groups -OCH3 is 2. The van der Waals surface area contributed by atoms with Gasteiger partial charge in [0, 0.05) is 11.6 Å². The third-order valence-electron chi connectivity index (χ3n) is 4.34. The highest BCUT2D eigenvalue weighted by Gasteiger charge is 2.38. The molecule has 0 amide bonds. The molecule has 3 aromatic rings. The lowest BCUT2D eigenvalue weighted by molar-refractivity contribution is -0.192. The van der Waals surface area contributed by atoms with E-state index in [1.54, 1.807) is 18.2 Å². The molecule has 0 radical (unpaired) electrons. The average Bonchev–Trinajstić information content (AvgIpc) is 2.79. The Balaban J connectivity index is 0.000000479. The maximum atomic E-state index is 12.7. The molecule has 0 aliphatic heterocycles. The van der Waals surface area contributed by atoms with E-state index in [1.807, 2.05) is 25.1 Å². The van der Waals surface area contributed by atoms with E-state index in [-0.39, 0.29) is 5.75 Å². The zero-order chi connectivity index (χ0) is 24.8. The first-order chi connectivity index (χ1) is 15.5. The van der Waals surface area contributed by atoms with Gasteiger partial charge in [-0.15, -0.1) is 0 Å². The Hall–Kier alpha value is -3.89. The molecule has 1 heterocycles. The Morgan fingerprint density at radius 1 is 1.06 bits per heavy atom. The predicted octanol–water partition coefficient (Wildman–Crippen LogP) is 4.34. The SMILES string of the molecule is CCCOc1ccccc1-c1[nH]c2cc(OC)c(OC)cc2c(=O)c1O.O=C(O)C(F)(F)F. The zero-order valence-corrected chi connectivity index (χ0v) is 17.9. The minimum atomic E-state index is -5.08. The van der Waals surface area contributed by atoms with Crippen LogP contribution in [0.2, 0.25) is 0 Å². The number of aromatic nitrogens is 1. The molecule has 0 aliphatic rings. The summed E-state index contributed by atoms with van der Waals surface area (Å²) in [7, 11) is 3.02. The topological polar surface area (TPSA) is 118 Å². The van der Waals surface area contributed by atoms with Crippen LogP contribution in [0.3, 0.4) is 0 Å². The second-order valence-corrected chi connectivity index (χ2v) is 6.58. The fourth-order valence-corrected chi connectivity index (χ4v) is 2.81. The smallest absolute Gasteiger partial charge is 0.490 e. The van der Waals surface area contributed by atoms with E-state index >= 15 is 0 Å². The molecule has 0 unspecified atom stereocenters. The molecule has 3 rings (SSSR count). The number of aliphatic carboxylic acids is 1. The van der Waals surface area contributed by atoms with Crippen LogP contribution in [0.25, 0.3) is 22.2 Å². The molecular weight excluding hydrogens is 447 g/mol. The van der Waals surface area contributed by atoms with E-state index < -0.39 is 17.6 Å². The molecule has 8 nitrogen and oxygen atoms in total. The summed E-state index contributed by atoms with van der Waals surface area (Å²) in [6.07, 6.45) is -4.23. The van der Waals surface area contributed by atoms with Crippen molar-refractivity contribution in [3.8, 4) is 34.3 Å². The van der Waals surface area contributed by atoms with E-state index in [1.165, 1.54) is 14.2 Å². The summed E-state index contributed by atoms with van der Waals surface area (Å²) in [5.74, 6) is -1.61. The highest BCUT2D eigenvalue weighted by atomic mass is 19.4. The number of alkyl halides is 3. The van der Waals surface area contributed by atoms with Gasteiger partial charge >= 0.3 is 12.1 Å². The van der Waals surface area contributed by atoms with Crippen LogP contribution in [0.1, 0.15) is 13.3 Å². The van der Waals surface area contributed by atoms with Crippen LogP contribution < -0.4 is 19.6 Å². The first kappa shape index (κ1) is 25.4. The summed E-state index contributed by atoms with van der Waals surface area (Å²) in [6.45, 7) is 2.55. The predicted molar refractivity (Wildman–Crippen MR) is 114 cm³/mol. The van der Waals surface area contributed by atoms with Crippen LogP contribution in [-0.2, 0) is 4.79 Å². The second kappa shape index (κ2) is 10.6. The van der Waals surface area contributed by atoms with E-state index in [0.717, 1.165) is 6.42 Å². The Bertz CT molecular complexity index is 1190. The second-order valence-electron chi connectivity index (χ2n) is 6.58. The van der Waals surface area contributed by atoms with Crippen molar-refractivity contribution >= 4 is 16.9 Å². The van der Waals surface area contributed by atoms with Crippen molar-refractivity contribution in [2.75, 3.05) is 20.8 Å². The molecule has 0 bridgehead atoms. The third kappa shape index (κ3) is 5.88. The molecule has 0 saturated carbocycles. The van der Waals surface area contributed by atoms with Gasteiger partial charge < -0.3 is 29.4 Å². The highest BCUT2D eigenvalue weighted by Crippen LogP contribution is 2.36. The molecule has 2 aromatic carbocycles. The molecule has 0 saturated heterocycles. The summed E-state index contributed by atoms with van der Waals surface area (Å²) in [5, 5.41) is 18.0. The number of pyridine rings is 1. The molecule has 0 aliphatic carbocycles. The van der Waals surface area contributed by atoms with Crippen LogP contribution in [0.4, 0.5) is 13.2 Å². The lowest BCUT2D eigenvalue weighted by Crippen LogP contribution is -2.21. The third-order valence-corrected chi connectivity index (χ3v) is 4.34. The average molecular weight is 469 g/mol. The van der Waals surface area contributed by atoms with Gasteiger partial charge in [-0.1, -0.05) is 19.1 Å². The first-order valence-electron chi connectivity index (χ1n) is 9.58. The molecule has 1 aromatic heterocycles. The first-order valence-corrected chi connectivity index (χ1v) is 9.58. The van der Waals surface area contributed by atoms with Crippen molar-refractivity contribution in [1.82, 2.24) is 4.98 Å². The molecule has 0 atom stereocenters.